The average Bonchev–Trinajstić information content (AvgIpc) is 2.57. The number of carbonyl (C=O) groups is 1. The van der Waals surface area contributed by atoms with Gasteiger partial charge in [0.25, 0.3) is 0 Å². The van der Waals surface area contributed by atoms with E-state index in [9.17, 15) is 4.79 Å². The van der Waals surface area contributed by atoms with Crippen LogP contribution in [0.2, 0.25) is 0 Å². The number of hydrogen-bond acceptors (Lipinski definition) is 3. The fraction of sp³-hybridized carbons (Fsp3) is 0.111. The number of nitrogens with one attached hydrogen (secondary N) is 1. The van der Waals surface area contributed by atoms with E-state index in [1.807, 2.05) is 54.6 Å². The van der Waals surface area contributed by atoms with E-state index in [-0.39, 0.29) is 5.91 Å². The third-order valence-electron chi connectivity index (χ3n) is 3.51. The molecule has 110 valence electrons. The van der Waals surface area contributed by atoms with Crippen molar-refractivity contribution in [3.05, 3.63) is 66.4 Å². The third kappa shape index (κ3) is 3.28. The van der Waals surface area contributed by atoms with Gasteiger partial charge in [-0.05, 0) is 36.2 Å². The molecule has 1 N–H and O–H groups in total. The van der Waals surface area contributed by atoms with Crippen LogP contribution < -0.4 is 5.32 Å². The smallest absolute Gasteiger partial charge is 0.224 e. The number of benzene rings is 2. The number of thiol groups is 1. The Morgan fingerprint density at radius 2 is 1.86 bits per heavy atom. The molecule has 0 spiro atoms. The van der Waals surface area contributed by atoms with Crippen LogP contribution >= 0.6 is 12.6 Å². The van der Waals surface area contributed by atoms with Crippen LogP contribution in [0.3, 0.4) is 0 Å². The first kappa shape index (κ1) is 14.6. The Kier molecular flexibility index (Phi) is 4.39. The third-order valence-corrected chi connectivity index (χ3v) is 3.87. The van der Waals surface area contributed by atoms with E-state index in [0.29, 0.717) is 6.42 Å². The second-order valence-corrected chi connectivity index (χ2v) is 5.55. The number of aromatic nitrogens is 1. The highest BCUT2D eigenvalue weighted by atomic mass is 32.1. The van der Waals surface area contributed by atoms with Crippen molar-refractivity contribution in [1.82, 2.24) is 4.98 Å². The molecule has 0 radical (unpaired) electrons. The molecule has 0 saturated heterocycles. The van der Waals surface area contributed by atoms with Crippen molar-refractivity contribution in [2.45, 2.75) is 17.7 Å². The standard InChI is InChI=1S/C18H16N2OS/c21-17(11-8-13-5-2-1-3-6-13)20-15-9-10-16(22)18-14(15)7-4-12-19-18/h1-7,9-10,12,22H,8,11H2,(H,20,21). The van der Waals surface area contributed by atoms with Crippen molar-refractivity contribution in [3.8, 4) is 0 Å². The predicted molar refractivity (Wildman–Crippen MR) is 92.4 cm³/mol. The molecule has 0 aliphatic heterocycles. The van der Waals surface area contributed by atoms with E-state index in [2.05, 4.69) is 22.9 Å². The summed E-state index contributed by atoms with van der Waals surface area (Å²) in [5, 5.41) is 3.88. The van der Waals surface area contributed by atoms with E-state index in [1.54, 1.807) is 6.20 Å². The number of fused-ring (bicyclic) bond motifs is 1. The van der Waals surface area contributed by atoms with Crippen molar-refractivity contribution in [3.63, 3.8) is 0 Å². The molecule has 0 aliphatic carbocycles. The second kappa shape index (κ2) is 6.62. The van der Waals surface area contributed by atoms with E-state index in [1.165, 1.54) is 0 Å². The lowest BCUT2D eigenvalue weighted by atomic mass is 10.1. The molecule has 2 aromatic carbocycles. The molecule has 0 bridgehead atoms. The summed E-state index contributed by atoms with van der Waals surface area (Å²) in [4.78, 5) is 17.3. The summed E-state index contributed by atoms with van der Waals surface area (Å²) in [5.74, 6) is 0.000852. The zero-order chi connectivity index (χ0) is 15.4. The lowest BCUT2D eigenvalue weighted by molar-refractivity contribution is -0.116. The summed E-state index contributed by atoms with van der Waals surface area (Å²) in [6.45, 7) is 0. The molecule has 4 heteroatoms. The zero-order valence-corrected chi connectivity index (χ0v) is 12.9. The molecular formula is C18H16N2OS. The highest BCUT2D eigenvalue weighted by Gasteiger charge is 2.08. The summed E-state index contributed by atoms with van der Waals surface area (Å²) in [6.07, 6.45) is 2.91. The van der Waals surface area contributed by atoms with E-state index in [4.69, 9.17) is 0 Å². The van der Waals surface area contributed by atoms with Gasteiger partial charge in [-0.15, -0.1) is 12.6 Å². The second-order valence-electron chi connectivity index (χ2n) is 5.07. The van der Waals surface area contributed by atoms with Gasteiger partial charge in [-0.2, -0.15) is 0 Å². The average molecular weight is 308 g/mol. The molecule has 0 fully saturated rings. The summed E-state index contributed by atoms with van der Waals surface area (Å²) in [5.41, 5.74) is 2.74. The van der Waals surface area contributed by atoms with Gasteiger partial charge in [0.1, 0.15) is 0 Å². The van der Waals surface area contributed by atoms with Gasteiger partial charge in [-0.1, -0.05) is 30.3 Å². The number of pyridine rings is 1. The normalized spacial score (nSPS) is 10.6. The number of rotatable bonds is 4. The van der Waals surface area contributed by atoms with Crippen LogP contribution in [-0.4, -0.2) is 10.9 Å². The Balaban J connectivity index is 1.73. The first-order chi connectivity index (χ1) is 10.7. The van der Waals surface area contributed by atoms with Gasteiger partial charge in [-0.25, -0.2) is 0 Å². The van der Waals surface area contributed by atoms with Crippen molar-refractivity contribution in [1.29, 1.82) is 0 Å². The maximum Gasteiger partial charge on any atom is 0.224 e. The molecule has 0 aliphatic rings. The zero-order valence-electron chi connectivity index (χ0n) is 12.0. The number of aryl methyl sites for hydroxylation is 1. The van der Waals surface area contributed by atoms with Crippen molar-refractivity contribution < 1.29 is 4.79 Å². The highest BCUT2D eigenvalue weighted by molar-refractivity contribution is 7.80. The molecule has 1 amide bonds. The monoisotopic (exact) mass is 308 g/mol. The lowest BCUT2D eigenvalue weighted by Crippen LogP contribution is -2.12. The van der Waals surface area contributed by atoms with Gasteiger partial charge < -0.3 is 5.32 Å². The van der Waals surface area contributed by atoms with Crippen molar-refractivity contribution in [2.24, 2.45) is 0 Å². The van der Waals surface area contributed by atoms with E-state index >= 15 is 0 Å². The van der Waals surface area contributed by atoms with Crippen LogP contribution in [0.5, 0.6) is 0 Å². The lowest BCUT2D eigenvalue weighted by Gasteiger charge is -2.09. The maximum atomic E-state index is 12.2. The van der Waals surface area contributed by atoms with Crippen molar-refractivity contribution in [2.75, 3.05) is 5.32 Å². The van der Waals surface area contributed by atoms with Crippen LogP contribution in [0.25, 0.3) is 10.9 Å². The van der Waals surface area contributed by atoms with E-state index < -0.39 is 0 Å². The van der Waals surface area contributed by atoms with Crippen LogP contribution in [0, 0.1) is 0 Å². The number of amides is 1. The first-order valence-electron chi connectivity index (χ1n) is 7.14. The highest BCUT2D eigenvalue weighted by Crippen LogP contribution is 2.27. The van der Waals surface area contributed by atoms with Gasteiger partial charge in [0.05, 0.1) is 11.2 Å². The minimum absolute atomic E-state index is 0.000852. The van der Waals surface area contributed by atoms with Gasteiger partial charge in [0.15, 0.2) is 0 Å². The molecule has 0 atom stereocenters. The Labute approximate surface area is 134 Å². The summed E-state index contributed by atoms with van der Waals surface area (Å²) in [7, 11) is 0. The SMILES string of the molecule is O=C(CCc1ccccc1)Nc1ccc(S)c2ncccc12. The molecule has 22 heavy (non-hydrogen) atoms. The van der Waals surface area contributed by atoms with Crippen LogP contribution in [0.1, 0.15) is 12.0 Å². The quantitative estimate of drug-likeness (QED) is 0.713. The molecule has 3 nitrogen and oxygen atoms in total. The minimum atomic E-state index is 0.000852. The molecule has 1 heterocycles. The molecule has 0 saturated carbocycles. The van der Waals surface area contributed by atoms with Crippen LogP contribution in [0.15, 0.2) is 65.7 Å². The van der Waals surface area contributed by atoms with Gasteiger partial charge in [0.2, 0.25) is 5.91 Å². The molecule has 3 aromatic rings. The number of anilines is 1. The van der Waals surface area contributed by atoms with E-state index in [0.717, 1.165) is 33.5 Å². The molecular weight excluding hydrogens is 292 g/mol. The first-order valence-corrected chi connectivity index (χ1v) is 7.59. The molecule has 0 unspecified atom stereocenters. The Morgan fingerprint density at radius 3 is 2.68 bits per heavy atom. The number of carbonyl (C=O) groups excluding carboxylic acids is 1. The molecule has 3 rings (SSSR count). The number of nitrogens with zero attached hydrogens (tertiary/aromatic N) is 1. The summed E-state index contributed by atoms with van der Waals surface area (Å²) in [6, 6.07) is 17.5. The Morgan fingerprint density at radius 1 is 1.05 bits per heavy atom. The predicted octanol–water partition coefficient (Wildman–Crippen LogP) is 4.09. The van der Waals surface area contributed by atoms with Gasteiger partial charge in [-0.3, -0.25) is 9.78 Å². The Bertz CT molecular complexity index is 803. The topological polar surface area (TPSA) is 42.0 Å². The fourth-order valence-electron chi connectivity index (χ4n) is 2.38. The van der Waals surface area contributed by atoms with Crippen LogP contribution in [0.4, 0.5) is 5.69 Å². The minimum Gasteiger partial charge on any atom is -0.325 e. The summed E-state index contributed by atoms with van der Waals surface area (Å²) >= 11 is 4.40. The fourth-order valence-corrected chi connectivity index (χ4v) is 2.63. The number of hydrogen-bond donors (Lipinski definition) is 2. The van der Waals surface area contributed by atoms with Crippen LogP contribution in [-0.2, 0) is 11.2 Å². The Hall–Kier alpha value is -2.33. The summed E-state index contributed by atoms with van der Waals surface area (Å²) < 4.78 is 0. The maximum absolute atomic E-state index is 12.2. The molecule has 1 aromatic heterocycles. The van der Waals surface area contributed by atoms with Gasteiger partial charge >= 0.3 is 0 Å². The van der Waals surface area contributed by atoms with Gasteiger partial charge in [0, 0.05) is 22.9 Å². The largest absolute Gasteiger partial charge is 0.325 e. The van der Waals surface area contributed by atoms with Crippen molar-refractivity contribution >= 4 is 35.1 Å².